The van der Waals surface area contributed by atoms with Gasteiger partial charge in [0.2, 0.25) is 11.7 Å². The van der Waals surface area contributed by atoms with Gasteiger partial charge in [-0.25, -0.2) is 4.39 Å². The van der Waals surface area contributed by atoms with Gasteiger partial charge in [0.15, 0.2) is 0 Å². The highest BCUT2D eigenvalue weighted by Gasteiger charge is 2.24. The second kappa shape index (κ2) is 8.13. The van der Waals surface area contributed by atoms with E-state index in [1.165, 1.54) is 17.7 Å². The average Bonchev–Trinajstić information content (AvgIpc) is 3.19. The van der Waals surface area contributed by atoms with Gasteiger partial charge < -0.3 is 9.42 Å². The normalized spacial score (nSPS) is 14.9. The van der Waals surface area contributed by atoms with Gasteiger partial charge in [0.05, 0.1) is 6.54 Å². The first kappa shape index (κ1) is 19.3. The standard InChI is InChI=1S/C22H23FN4O2/c1-15-3-6-17(7-4-15)21-24-20(29-25-21)14-26-9-11-27(12-10-26)22(28)19-13-18(23)8-5-16(19)2/h3-8,13H,9-12,14H2,1-2H3. The Morgan fingerprint density at radius 2 is 1.79 bits per heavy atom. The summed E-state index contributed by atoms with van der Waals surface area (Å²) in [6.07, 6.45) is 0. The lowest BCUT2D eigenvalue weighted by Gasteiger charge is -2.34. The van der Waals surface area contributed by atoms with E-state index < -0.39 is 5.82 Å². The molecule has 1 fully saturated rings. The Hall–Kier alpha value is -3.06. The Kier molecular flexibility index (Phi) is 5.40. The quantitative estimate of drug-likeness (QED) is 0.678. The summed E-state index contributed by atoms with van der Waals surface area (Å²) in [4.78, 5) is 21.2. The number of benzene rings is 2. The Morgan fingerprint density at radius 1 is 1.07 bits per heavy atom. The van der Waals surface area contributed by atoms with E-state index in [9.17, 15) is 9.18 Å². The molecular weight excluding hydrogens is 371 g/mol. The molecule has 1 amide bonds. The second-order valence-corrected chi connectivity index (χ2v) is 7.41. The Balaban J connectivity index is 1.35. The lowest BCUT2D eigenvalue weighted by atomic mass is 10.1. The molecule has 0 bridgehead atoms. The number of hydrogen-bond donors (Lipinski definition) is 0. The van der Waals surface area contributed by atoms with Crippen LogP contribution < -0.4 is 0 Å². The summed E-state index contributed by atoms with van der Waals surface area (Å²) in [5, 5.41) is 4.07. The number of carbonyl (C=O) groups is 1. The van der Waals surface area contributed by atoms with Crippen LogP contribution in [0.25, 0.3) is 11.4 Å². The molecule has 0 saturated carbocycles. The zero-order chi connectivity index (χ0) is 20.4. The fourth-order valence-electron chi connectivity index (χ4n) is 3.43. The molecule has 150 valence electrons. The van der Waals surface area contributed by atoms with Crippen LogP contribution in [0.1, 0.15) is 27.4 Å². The summed E-state index contributed by atoms with van der Waals surface area (Å²) in [6.45, 7) is 6.95. The SMILES string of the molecule is Cc1ccc(-c2noc(CN3CCN(C(=O)c4cc(F)ccc4C)CC3)n2)cc1. The van der Waals surface area contributed by atoms with Crippen molar-refractivity contribution in [2.24, 2.45) is 0 Å². The van der Waals surface area contributed by atoms with E-state index in [2.05, 4.69) is 15.0 Å². The van der Waals surface area contributed by atoms with Crippen molar-refractivity contribution in [1.82, 2.24) is 19.9 Å². The number of aromatic nitrogens is 2. The third-order valence-corrected chi connectivity index (χ3v) is 5.23. The van der Waals surface area contributed by atoms with Crippen LogP contribution in [0.2, 0.25) is 0 Å². The molecule has 1 aliphatic heterocycles. The number of amides is 1. The van der Waals surface area contributed by atoms with Gasteiger partial charge in [0, 0.05) is 37.3 Å². The van der Waals surface area contributed by atoms with E-state index in [1.54, 1.807) is 11.0 Å². The zero-order valence-corrected chi connectivity index (χ0v) is 16.6. The minimum Gasteiger partial charge on any atom is -0.338 e. The molecule has 0 radical (unpaired) electrons. The number of halogens is 1. The molecule has 1 saturated heterocycles. The molecule has 0 atom stereocenters. The van der Waals surface area contributed by atoms with Crippen molar-refractivity contribution in [3.05, 3.63) is 70.9 Å². The van der Waals surface area contributed by atoms with Crippen LogP contribution in [0.4, 0.5) is 4.39 Å². The average molecular weight is 394 g/mol. The highest BCUT2D eigenvalue weighted by molar-refractivity contribution is 5.95. The number of rotatable bonds is 4. The van der Waals surface area contributed by atoms with Gasteiger partial charge >= 0.3 is 0 Å². The molecule has 1 aromatic heterocycles. The van der Waals surface area contributed by atoms with E-state index in [0.29, 0.717) is 50.0 Å². The van der Waals surface area contributed by atoms with Gasteiger partial charge in [0.25, 0.3) is 5.91 Å². The summed E-state index contributed by atoms with van der Waals surface area (Å²) in [5.41, 5.74) is 3.32. The van der Waals surface area contributed by atoms with Crippen molar-refractivity contribution in [3.63, 3.8) is 0 Å². The molecule has 0 spiro atoms. The second-order valence-electron chi connectivity index (χ2n) is 7.41. The lowest BCUT2D eigenvalue weighted by Crippen LogP contribution is -2.48. The minimum atomic E-state index is -0.390. The van der Waals surface area contributed by atoms with Crippen LogP contribution in [-0.4, -0.2) is 52.0 Å². The van der Waals surface area contributed by atoms with Crippen molar-refractivity contribution in [3.8, 4) is 11.4 Å². The smallest absolute Gasteiger partial charge is 0.254 e. The van der Waals surface area contributed by atoms with E-state index in [-0.39, 0.29) is 5.91 Å². The summed E-state index contributed by atoms with van der Waals surface area (Å²) < 4.78 is 18.9. The summed E-state index contributed by atoms with van der Waals surface area (Å²) in [5.74, 6) is 0.621. The van der Waals surface area contributed by atoms with Crippen molar-refractivity contribution in [2.75, 3.05) is 26.2 Å². The third-order valence-electron chi connectivity index (χ3n) is 5.23. The maximum Gasteiger partial charge on any atom is 0.254 e. The molecule has 0 N–H and O–H groups in total. The summed E-state index contributed by atoms with van der Waals surface area (Å²) >= 11 is 0. The van der Waals surface area contributed by atoms with Gasteiger partial charge in [-0.05, 0) is 31.5 Å². The number of nitrogens with zero attached hydrogens (tertiary/aromatic N) is 4. The van der Waals surface area contributed by atoms with Gasteiger partial charge in [-0.1, -0.05) is 41.1 Å². The Labute approximate surface area is 168 Å². The van der Waals surface area contributed by atoms with Gasteiger partial charge in [-0.3, -0.25) is 9.69 Å². The van der Waals surface area contributed by atoms with Crippen LogP contribution in [0, 0.1) is 19.7 Å². The molecule has 7 heteroatoms. The monoisotopic (exact) mass is 394 g/mol. The van der Waals surface area contributed by atoms with E-state index in [1.807, 2.05) is 38.1 Å². The van der Waals surface area contributed by atoms with Crippen molar-refractivity contribution in [2.45, 2.75) is 20.4 Å². The fraction of sp³-hybridized carbons (Fsp3) is 0.318. The molecule has 4 rings (SSSR count). The highest BCUT2D eigenvalue weighted by Crippen LogP contribution is 2.18. The summed E-state index contributed by atoms with van der Waals surface area (Å²) in [6, 6.07) is 12.3. The van der Waals surface area contributed by atoms with E-state index >= 15 is 0 Å². The fourth-order valence-corrected chi connectivity index (χ4v) is 3.43. The number of aryl methyl sites for hydroxylation is 2. The number of piperazine rings is 1. The van der Waals surface area contributed by atoms with Crippen LogP contribution in [0.15, 0.2) is 47.0 Å². The first-order valence-electron chi connectivity index (χ1n) is 9.67. The first-order chi connectivity index (χ1) is 14.0. The predicted octanol–water partition coefficient (Wildman–Crippen LogP) is 3.45. The van der Waals surface area contributed by atoms with Crippen molar-refractivity contribution in [1.29, 1.82) is 0 Å². The molecule has 2 aromatic carbocycles. The number of hydrogen-bond acceptors (Lipinski definition) is 5. The molecule has 0 aliphatic carbocycles. The largest absolute Gasteiger partial charge is 0.338 e. The highest BCUT2D eigenvalue weighted by atomic mass is 19.1. The van der Waals surface area contributed by atoms with E-state index in [0.717, 1.165) is 11.1 Å². The summed E-state index contributed by atoms with van der Waals surface area (Å²) in [7, 11) is 0. The van der Waals surface area contributed by atoms with E-state index in [4.69, 9.17) is 4.52 Å². The minimum absolute atomic E-state index is 0.124. The molecule has 3 aromatic rings. The molecule has 29 heavy (non-hydrogen) atoms. The first-order valence-corrected chi connectivity index (χ1v) is 9.67. The third kappa shape index (κ3) is 4.35. The molecule has 0 unspecified atom stereocenters. The van der Waals surface area contributed by atoms with Gasteiger partial charge in [0.1, 0.15) is 5.82 Å². The Bertz CT molecular complexity index is 1010. The van der Waals surface area contributed by atoms with Gasteiger partial charge in [-0.15, -0.1) is 0 Å². The van der Waals surface area contributed by atoms with Crippen molar-refractivity contribution < 1.29 is 13.7 Å². The van der Waals surface area contributed by atoms with Crippen LogP contribution >= 0.6 is 0 Å². The van der Waals surface area contributed by atoms with Crippen LogP contribution in [-0.2, 0) is 6.54 Å². The zero-order valence-electron chi connectivity index (χ0n) is 16.6. The van der Waals surface area contributed by atoms with Crippen molar-refractivity contribution >= 4 is 5.91 Å². The van der Waals surface area contributed by atoms with Gasteiger partial charge in [-0.2, -0.15) is 4.98 Å². The topological polar surface area (TPSA) is 62.5 Å². The van der Waals surface area contributed by atoms with Crippen LogP contribution in [0.3, 0.4) is 0 Å². The molecular formula is C22H23FN4O2. The number of carbonyl (C=O) groups excluding carboxylic acids is 1. The van der Waals surface area contributed by atoms with Crippen LogP contribution in [0.5, 0.6) is 0 Å². The lowest BCUT2D eigenvalue weighted by molar-refractivity contribution is 0.0614. The molecule has 1 aliphatic rings. The Morgan fingerprint density at radius 3 is 2.52 bits per heavy atom. The maximum absolute atomic E-state index is 13.5. The maximum atomic E-state index is 13.5. The molecule has 2 heterocycles. The predicted molar refractivity (Wildman–Crippen MR) is 107 cm³/mol. The molecule has 6 nitrogen and oxygen atoms in total.